The zero-order valence-corrected chi connectivity index (χ0v) is 14.4. The van der Waals surface area contributed by atoms with E-state index in [1.165, 1.54) is 4.88 Å². The Balaban J connectivity index is 2.52. The monoisotopic (exact) mass is 301 g/mol. The van der Waals surface area contributed by atoms with Crippen LogP contribution < -0.4 is 10.2 Å². The predicted molar refractivity (Wildman–Crippen MR) is 89.5 cm³/mol. The van der Waals surface area contributed by atoms with Gasteiger partial charge in [-0.3, -0.25) is 0 Å². The normalized spacial score (nSPS) is 12.9. The van der Waals surface area contributed by atoms with Crippen molar-refractivity contribution in [1.82, 2.24) is 10.3 Å². The molecule has 3 nitrogen and oxygen atoms in total. The second kappa shape index (κ2) is 8.82. The molecule has 0 aromatic carbocycles. The molecule has 1 heterocycles. The topological polar surface area (TPSA) is 28.2 Å². The molecule has 1 aromatic rings. The highest BCUT2D eigenvalue weighted by atomic mass is 32.2. The number of nitrogens with one attached hydrogen (secondary N) is 1. The van der Waals surface area contributed by atoms with Crippen LogP contribution in [0.5, 0.6) is 0 Å². The third-order valence-electron chi connectivity index (χ3n) is 3.07. The summed E-state index contributed by atoms with van der Waals surface area (Å²) in [5.41, 5.74) is 0. The Bertz CT molecular complexity index is 352. The Hall–Kier alpha value is -0.260. The molecule has 0 saturated heterocycles. The first-order valence-corrected chi connectivity index (χ1v) is 9.16. The minimum Gasteiger partial charge on any atom is -0.347 e. The highest BCUT2D eigenvalue weighted by Gasteiger charge is 2.15. The van der Waals surface area contributed by atoms with Gasteiger partial charge in [0.25, 0.3) is 0 Å². The van der Waals surface area contributed by atoms with E-state index in [0.717, 1.165) is 30.4 Å². The predicted octanol–water partition coefficient (Wildman–Crippen LogP) is 3.47. The van der Waals surface area contributed by atoms with Crippen LogP contribution in [0.15, 0.2) is 6.20 Å². The number of hydrogen-bond donors (Lipinski definition) is 1. The summed E-state index contributed by atoms with van der Waals surface area (Å²) in [6.07, 6.45) is 5.34. The van der Waals surface area contributed by atoms with Gasteiger partial charge < -0.3 is 10.2 Å². The van der Waals surface area contributed by atoms with Gasteiger partial charge in [-0.25, -0.2) is 4.98 Å². The Morgan fingerprint density at radius 2 is 2.21 bits per heavy atom. The first-order chi connectivity index (χ1) is 9.08. The molecule has 0 saturated carbocycles. The fourth-order valence-electron chi connectivity index (χ4n) is 1.88. The zero-order chi connectivity index (χ0) is 14.3. The number of nitrogens with zero attached hydrogens (tertiary/aromatic N) is 2. The number of hydrogen-bond acceptors (Lipinski definition) is 5. The summed E-state index contributed by atoms with van der Waals surface area (Å²) in [5.74, 6) is 1.86. The maximum absolute atomic E-state index is 4.56. The maximum atomic E-state index is 4.56. The summed E-state index contributed by atoms with van der Waals surface area (Å²) in [6, 6.07) is 0.581. The average molecular weight is 302 g/mol. The largest absolute Gasteiger partial charge is 0.347 e. The Morgan fingerprint density at radius 3 is 2.79 bits per heavy atom. The van der Waals surface area contributed by atoms with Gasteiger partial charge in [0.2, 0.25) is 0 Å². The van der Waals surface area contributed by atoms with Crippen LogP contribution in [0.25, 0.3) is 0 Å². The van der Waals surface area contributed by atoms with Crippen LogP contribution in [0.3, 0.4) is 0 Å². The summed E-state index contributed by atoms with van der Waals surface area (Å²) in [6.45, 7) is 8.70. The molecule has 1 atom stereocenters. The lowest BCUT2D eigenvalue weighted by Crippen LogP contribution is -2.32. The van der Waals surface area contributed by atoms with Crippen LogP contribution >= 0.6 is 23.1 Å². The average Bonchev–Trinajstić information content (AvgIpc) is 2.83. The molecule has 0 fully saturated rings. The summed E-state index contributed by atoms with van der Waals surface area (Å²) in [5, 5.41) is 4.61. The van der Waals surface area contributed by atoms with Crippen LogP contribution in [0.2, 0.25) is 0 Å². The van der Waals surface area contributed by atoms with Crippen LogP contribution in [0, 0.1) is 5.92 Å². The molecule has 5 heteroatoms. The van der Waals surface area contributed by atoms with Crippen molar-refractivity contribution in [2.45, 2.75) is 39.8 Å². The molecule has 0 bridgehead atoms. The molecule has 0 amide bonds. The van der Waals surface area contributed by atoms with Gasteiger partial charge in [0, 0.05) is 36.5 Å². The highest BCUT2D eigenvalue weighted by Crippen LogP contribution is 2.24. The Morgan fingerprint density at radius 1 is 1.47 bits per heavy atom. The fraction of sp³-hybridized carbons (Fsp3) is 0.786. The van der Waals surface area contributed by atoms with Crippen molar-refractivity contribution in [2.75, 3.05) is 30.5 Å². The Labute approximate surface area is 126 Å². The summed E-state index contributed by atoms with van der Waals surface area (Å²) in [4.78, 5) is 8.21. The van der Waals surface area contributed by atoms with Crippen molar-refractivity contribution in [3.8, 4) is 0 Å². The van der Waals surface area contributed by atoms with Crippen molar-refractivity contribution < 1.29 is 0 Å². The quantitative estimate of drug-likeness (QED) is 0.756. The smallest absolute Gasteiger partial charge is 0.185 e. The molecule has 0 spiro atoms. The maximum Gasteiger partial charge on any atom is 0.185 e. The molecular formula is C14H27N3S2. The van der Waals surface area contributed by atoms with Crippen molar-refractivity contribution in [3.05, 3.63) is 11.1 Å². The van der Waals surface area contributed by atoms with E-state index in [0.29, 0.717) is 12.0 Å². The standard InChI is InChI=1S/C14H27N3S2/c1-6-12(10-18-5)17(4)14-16-9-13(19-14)8-15-7-11(2)3/h9,11-12,15H,6-8,10H2,1-5H3. The van der Waals surface area contributed by atoms with Gasteiger partial charge in [0.05, 0.1) is 0 Å². The molecular weight excluding hydrogens is 274 g/mol. The molecule has 1 rings (SSSR count). The van der Waals surface area contributed by atoms with Gasteiger partial charge >= 0.3 is 0 Å². The molecule has 1 N–H and O–H groups in total. The minimum absolute atomic E-state index is 0.581. The lowest BCUT2D eigenvalue weighted by molar-refractivity contribution is 0.554. The van der Waals surface area contributed by atoms with Crippen LogP contribution in [0.1, 0.15) is 32.1 Å². The number of anilines is 1. The lowest BCUT2D eigenvalue weighted by Gasteiger charge is -2.26. The third-order valence-corrected chi connectivity index (χ3v) is 4.88. The van der Waals surface area contributed by atoms with E-state index in [2.05, 4.69) is 49.3 Å². The second-order valence-corrected chi connectivity index (χ2v) is 7.27. The molecule has 1 unspecified atom stereocenters. The first-order valence-electron chi connectivity index (χ1n) is 6.95. The number of thioether (sulfide) groups is 1. The van der Waals surface area contributed by atoms with Crippen molar-refractivity contribution in [2.24, 2.45) is 5.92 Å². The lowest BCUT2D eigenvalue weighted by atomic mass is 10.2. The van der Waals surface area contributed by atoms with E-state index in [1.807, 2.05) is 18.0 Å². The number of thiazole rings is 1. The summed E-state index contributed by atoms with van der Waals surface area (Å²) in [7, 11) is 2.16. The Kier molecular flexibility index (Phi) is 7.80. The molecule has 0 aliphatic rings. The van der Waals surface area contributed by atoms with E-state index < -0.39 is 0 Å². The SMILES string of the molecule is CCC(CSC)N(C)c1ncc(CNCC(C)C)s1. The molecule has 1 aromatic heterocycles. The number of aromatic nitrogens is 1. The third kappa shape index (κ3) is 5.71. The molecule has 0 aliphatic carbocycles. The van der Waals surface area contributed by atoms with E-state index in [9.17, 15) is 0 Å². The van der Waals surface area contributed by atoms with Gasteiger partial charge in [-0.05, 0) is 25.1 Å². The summed E-state index contributed by atoms with van der Waals surface area (Å²) < 4.78 is 0. The van der Waals surface area contributed by atoms with Gasteiger partial charge in [-0.15, -0.1) is 11.3 Å². The second-order valence-electron chi connectivity index (χ2n) is 5.26. The van der Waals surface area contributed by atoms with E-state index in [1.54, 1.807) is 11.3 Å². The van der Waals surface area contributed by atoms with E-state index >= 15 is 0 Å². The number of rotatable bonds is 9. The van der Waals surface area contributed by atoms with E-state index in [-0.39, 0.29) is 0 Å². The molecule has 0 radical (unpaired) electrons. The highest BCUT2D eigenvalue weighted by molar-refractivity contribution is 7.98. The van der Waals surface area contributed by atoms with Crippen LogP contribution in [0.4, 0.5) is 5.13 Å². The van der Waals surface area contributed by atoms with Gasteiger partial charge in [0.1, 0.15) is 0 Å². The molecule has 19 heavy (non-hydrogen) atoms. The van der Waals surface area contributed by atoms with Crippen molar-refractivity contribution in [3.63, 3.8) is 0 Å². The van der Waals surface area contributed by atoms with Crippen LogP contribution in [-0.4, -0.2) is 36.6 Å². The van der Waals surface area contributed by atoms with Gasteiger partial charge in [-0.2, -0.15) is 11.8 Å². The van der Waals surface area contributed by atoms with Gasteiger partial charge in [0.15, 0.2) is 5.13 Å². The molecule has 110 valence electrons. The zero-order valence-electron chi connectivity index (χ0n) is 12.8. The van der Waals surface area contributed by atoms with E-state index in [4.69, 9.17) is 0 Å². The fourth-order valence-corrected chi connectivity index (χ4v) is 3.63. The summed E-state index contributed by atoms with van der Waals surface area (Å²) >= 11 is 3.71. The van der Waals surface area contributed by atoms with Crippen molar-refractivity contribution in [1.29, 1.82) is 0 Å². The minimum atomic E-state index is 0.581. The van der Waals surface area contributed by atoms with Gasteiger partial charge in [-0.1, -0.05) is 20.8 Å². The van der Waals surface area contributed by atoms with Crippen LogP contribution in [-0.2, 0) is 6.54 Å². The van der Waals surface area contributed by atoms with Crippen molar-refractivity contribution >= 4 is 28.2 Å². The molecule has 0 aliphatic heterocycles. The first kappa shape index (κ1) is 16.8.